The number of ketones is 2. The smallest absolute Gasteiger partial charge is 0.261 e. The number of para-hydroxylation sites is 1. The molecule has 0 atom stereocenters. The number of allylic oxidation sites excluding steroid dienone is 2. The molecule has 0 saturated carbocycles. The third-order valence-corrected chi connectivity index (χ3v) is 2.59. The lowest BCUT2D eigenvalue weighted by Crippen LogP contribution is -2.22. The van der Waals surface area contributed by atoms with Crippen molar-refractivity contribution in [3.8, 4) is 0 Å². The van der Waals surface area contributed by atoms with Crippen LogP contribution < -0.4 is 0 Å². The highest BCUT2D eigenvalue weighted by Gasteiger charge is 2.30. The van der Waals surface area contributed by atoms with Crippen molar-refractivity contribution in [2.45, 2.75) is 6.42 Å². The number of hydrogen-bond acceptors (Lipinski definition) is 5. The average Bonchev–Trinajstić information content (AvgIpc) is 2.66. The summed E-state index contributed by atoms with van der Waals surface area (Å²) < 4.78 is 25.9. The molecule has 6 nitrogen and oxygen atoms in total. The van der Waals surface area contributed by atoms with Crippen molar-refractivity contribution < 1.29 is 22.6 Å². The summed E-state index contributed by atoms with van der Waals surface area (Å²) in [6, 6.07) is 7.47. The topological polar surface area (TPSA) is 101 Å². The second-order valence-corrected chi connectivity index (χ2v) is 5.80. The van der Waals surface area contributed by atoms with E-state index >= 15 is 0 Å². The van der Waals surface area contributed by atoms with Gasteiger partial charge in [0.05, 0.1) is 18.4 Å². The zero-order chi connectivity index (χ0) is 14.9. The van der Waals surface area contributed by atoms with Crippen molar-refractivity contribution >= 4 is 38.7 Å². The van der Waals surface area contributed by atoms with E-state index in [4.69, 9.17) is 4.55 Å². The minimum atomic E-state index is -3.67. The second-order valence-electron chi connectivity index (χ2n) is 4.33. The number of rotatable bonds is 0. The number of fused-ring (bicyclic) bond motifs is 3. The minimum absolute atomic E-state index is 0.0453. The Labute approximate surface area is 115 Å². The van der Waals surface area contributed by atoms with E-state index in [-0.39, 0.29) is 18.0 Å². The van der Waals surface area contributed by atoms with Gasteiger partial charge in [0, 0.05) is 11.1 Å². The summed E-state index contributed by atoms with van der Waals surface area (Å²) in [7, 11) is -3.67. The van der Waals surface area contributed by atoms with Crippen LogP contribution in [0.25, 0.3) is 5.57 Å². The Bertz CT molecular complexity index is 751. The molecule has 1 N–H and O–H groups in total. The van der Waals surface area contributed by atoms with E-state index < -0.39 is 10.1 Å². The molecular weight excluding hydrogens is 282 g/mol. The SMILES string of the molecule is CS(=O)(=O)O.O=C1C=C2C(=Nc3ccccc32)C(=O)C1. The number of carbonyl (C=O) groups excluding carboxylic acids is 2. The first-order chi connectivity index (χ1) is 9.25. The molecule has 1 aromatic carbocycles. The van der Waals surface area contributed by atoms with Gasteiger partial charge in [0.2, 0.25) is 0 Å². The maximum Gasteiger partial charge on any atom is 0.261 e. The molecule has 0 saturated heterocycles. The average molecular weight is 293 g/mol. The number of benzene rings is 1. The molecule has 1 heterocycles. The Balaban J connectivity index is 0.000000257. The van der Waals surface area contributed by atoms with Gasteiger partial charge in [-0.3, -0.25) is 14.1 Å². The molecule has 1 aromatic rings. The van der Waals surface area contributed by atoms with E-state index in [1.807, 2.05) is 24.3 Å². The summed E-state index contributed by atoms with van der Waals surface area (Å²) in [6.45, 7) is 0. The van der Waals surface area contributed by atoms with Gasteiger partial charge >= 0.3 is 0 Å². The van der Waals surface area contributed by atoms with Crippen LogP contribution >= 0.6 is 0 Å². The number of aliphatic imine (C=N–C) groups is 1. The Kier molecular flexibility index (Phi) is 3.65. The van der Waals surface area contributed by atoms with Gasteiger partial charge in [-0.2, -0.15) is 8.42 Å². The minimum Gasteiger partial charge on any atom is -0.294 e. The molecule has 3 rings (SSSR count). The van der Waals surface area contributed by atoms with E-state index in [1.165, 1.54) is 6.08 Å². The molecule has 0 amide bonds. The van der Waals surface area contributed by atoms with Crippen molar-refractivity contribution in [1.82, 2.24) is 0 Å². The molecule has 104 valence electrons. The van der Waals surface area contributed by atoms with Crippen molar-refractivity contribution in [2.75, 3.05) is 6.26 Å². The number of hydrogen-bond donors (Lipinski definition) is 1. The van der Waals surface area contributed by atoms with Gasteiger partial charge in [0.25, 0.3) is 10.1 Å². The molecule has 0 spiro atoms. The molecule has 0 bridgehead atoms. The van der Waals surface area contributed by atoms with Gasteiger partial charge in [0.1, 0.15) is 5.71 Å². The van der Waals surface area contributed by atoms with E-state index in [0.29, 0.717) is 17.5 Å². The molecule has 2 aliphatic rings. The maximum atomic E-state index is 11.6. The molecule has 1 aliphatic heterocycles. The van der Waals surface area contributed by atoms with E-state index in [0.717, 1.165) is 11.3 Å². The first-order valence-electron chi connectivity index (χ1n) is 5.64. The lowest BCUT2D eigenvalue weighted by molar-refractivity contribution is -0.121. The van der Waals surface area contributed by atoms with Crippen LogP contribution in [0, 0.1) is 0 Å². The van der Waals surface area contributed by atoms with Gasteiger partial charge in [-0.05, 0) is 12.1 Å². The number of nitrogens with zero attached hydrogens (tertiary/aromatic N) is 1. The third-order valence-electron chi connectivity index (χ3n) is 2.59. The lowest BCUT2D eigenvalue weighted by atomic mass is 9.92. The Morgan fingerprint density at radius 3 is 2.45 bits per heavy atom. The van der Waals surface area contributed by atoms with Crippen molar-refractivity contribution in [3.05, 3.63) is 35.9 Å². The molecule has 0 aromatic heterocycles. The Hall–Kier alpha value is -2.12. The van der Waals surface area contributed by atoms with Gasteiger partial charge in [-0.15, -0.1) is 0 Å². The first kappa shape index (κ1) is 14.3. The van der Waals surface area contributed by atoms with Gasteiger partial charge in [-0.1, -0.05) is 18.2 Å². The van der Waals surface area contributed by atoms with E-state index in [2.05, 4.69) is 4.99 Å². The van der Waals surface area contributed by atoms with Crippen LogP contribution in [0.15, 0.2) is 35.3 Å². The Morgan fingerprint density at radius 1 is 1.20 bits per heavy atom. The number of carbonyl (C=O) groups is 2. The lowest BCUT2D eigenvalue weighted by Gasteiger charge is -2.07. The predicted molar refractivity (Wildman–Crippen MR) is 73.6 cm³/mol. The zero-order valence-electron chi connectivity index (χ0n) is 10.5. The van der Waals surface area contributed by atoms with Crippen LogP contribution in [0.1, 0.15) is 12.0 Å². The van der Waals surface area contributed by atoms with Gasteiger partial charge < -0.3 is 0 Å². The van der Waals surface area contributed by atoms with Crippen molar-refractivity contribution in [2.24, 2.45) is 4.99 Å². The second kappa shape index (κ2) is 5.10. The maximum absolute atomic E-state index is 11.6. The van der Waals surface area contributed by atoms with Crippen molar-refractivity contribution in [1.29, 1.82) is 0 Å². The first-order valence-corrected chi connectivity index (χ1v) is 7.49. The fraction of sp³-hybridized carbons (Fsp3) is 0.154. The summed E-state index contributed by atoms with van der Waals surface area (Å²) in [4.78, 5) is 27.1. The standard InChI is InChI=1S/C12H7NO2.CH4O3S/c14-7-5-9-8-3-1-2-4-10(8)13-12(9)11(15)6-7;1-5(2,3)4/h1-5H,6H2;1H3,(H,2,3,4). The number of Topliss-reactive ketones (excluding diaryl/α,β-unsaturated/α-hetero) is 1. The summed E-state index contributed by atoms with van der Waals surface area (Å²) in [5.41, 5.74) is 2.79. The molecule has 0 fully saturated rings. The quantitative estimate of drug-likeness (QED) is 0.572. The highest BCUT2D eigenvalue weighted by atomic mass is 32.2. The normalized spacial score (nSPS) is 16.5. The van der Waals surface area contributed by atoms with Gasteiger partial charge in [0.15, 0.2) is 11.6 Å². The monoisotopic (exact) mass is 293 g/mol. The fourth-order valence-electron chi connectivity index (χ4n) is 1.92. The summed E-state index contributed by atoms with van der Waals surface area (Å²) in [6.07, 6.45) is 2.19. The van der Waals surface area contributed by atoms with Crippen LogP contribution in [0.4, 0.5) is 5.69 Å². The molecule has 0 unspecified atom stereocenters. The van der Waals surface area contributed by atoms with E-state index in [1.54, 1.807) is 0 Å². The summed E-state index contributed by atoms with van der Waals surface area (Å²) >= 11 is 0. The largest absolute Gasteiger partial charge is 0.294 e. The third kappa shape index (κ3) is 3.25. The zero-order valence-corrected chi connectivity index (χ0v) is 11.3. The van der Waals surface area contributed by atoms with Gasteiger partial charge in [-0.25, -0.2) is 4.99 Å². The van der Waals surface area contributed by atoms with Crippen LogP contribution in [-0.2, 0) is 19.7 Å². The van der Waals surface area contributed by atoms with Crippen molar-refractivity contribution in [3.63, 3.8) is 0 Å². The predicted octanol–water partition coefficient (Wildman–Crippen LogP) is 1.20. The van der Waals surface area contributed by atoms with Crippen LogP contribution in [0.5, 0.6) is 0 Å². The Morgan fingerprint density at radius 2 is 1.80 bits per heavy atom. The van der Waals surface area contributed by atoms with Crippen LogP contribution in [0.2, 0.25) is 0 Å². The molecular formula is C13H11NO5S. The van der Waals surface area contributed by atoms with E-state index in [9.17, 15) is 18.0 Å². The van der Waals surface area contributed by atoms with Crippen LogP contribution in [0.3, 0.4) is 0 Å². The molecule has 7 heteroatoms. The molecule has 1 aliphatic carbocycles. The molecule has 20 heavy (non-hydrogen) atoms. The van der Waals surface area contributed by atoms with Crippen LogP contribution in [-0.4, -0.2) is 36.5 Å². The summed E-state index contributed by atoms with van der Waals surface area (Å²) in [5.74, 6) is -0.306. The fourth-order valence-corrected chi connectivity index (χ4v) is 1.92. The highest BCUT2D eigenvalue weighted by molar-refractivity contribution is 7.85. The highest BCUT2D eigenvalue weighted by Crippen LogP contribution is 2.36. The molecule has 0 radical (unpaired) electrons. The summed E-state index contributed by atoms with van der Waals surface area (Å²) in [5, 5.41) is 0.